The molecule has 2 aromatic carbocycles. The fourth-order valence-electron chi connectivity index (χ4n) is 3.45. The zero-order valence-corrected chi connectivity index (χ0v) is 15.1. The molecule has 0 amide bonds. The fraction of sp³-hybridized carbons (Fsp3) is 0.182. The normalized spacial score (nSPS) is 11.2. The average Bonchev–Trinajstić information content (AvgIpc) is 2.94. The summed E-state index contributed by atoms with van der Waals surface area (Å²) in [5.41, 5.74) is 7.95. The minimum atomic E-state index is 0.887. The number of fused-ring (bicyclic) bond motifs is 1. The molecular formula is C22H22N2O+2. The Labute approximate surface area is 147 Å². The lowest BCUT2D eigenvalue weighted by atomic mass is 10.0. The molecule has 25 heavy (non-hydrogen) atoms. The van der Waals surface area contributed by atoms with Crippen molar-refractivity contribution in [1.82, 2.24) is 0 Å². The molecule has 2 aromatic heterocycles. The Kier molecular flexibility index (Phi) is 3.65. The number of hydrogen-bond acceptors (Lipinski definition) is 1. The van der Waals surface area contributed by atoms with E-state index >= 15 is 0 Å². The summed E-state index contributed by atoms with van der Waals surface area (Å²) in [7, 11) is 2.06. The fourth-order valence-corrected chi connectivity index (χ4v) is 3.45. The van der Waals surface area contributed by atoms with Gasteiger partial charge in [0.25, 0.3) is 5.52 Å². The number of oxazole rings is 1. The molecule has 0 unspecified atom stereocenters. The van der Waals surface area contributed by atoms with Crippen LogP contribution in [0.1, 0.15) is 16.8 Å². The van der Waals surface area contributed by atoms with Crippen molar-refractivity contribution in [3.05, 3.63) is 77.6 Å². The number of aryl methyl sites for hydroxylation is 3. The molecule has 0 saturated carbocycles. The highest BCUT2D eigenvalue weighted by molar-refractivity contribution is 5.72. The second-order valence-corrected chi connectivity index (χ2v) is 6.60. The first-order valence-corrected chi connectivity index (χ1v) is 8.53. The van der Waals surface area contributed by atoms with Gasteiger partial charge in [-0.25, -0.2) is 0 Å². The van der Waals surface area contributed by atoms with Gasteiger partial charge in [-0.15, -0.1) is 0 Å². The third-order valence-corrected chi connectivity index (χ3v) is 4.82. The lowest BCUT2D eigenvalue weighted by Crippen LogP contribution is -2.35. The summed E-state index contributed by atoms with van der Waals surface area (Å²) in [6, 6.07) is 18.8. The Bertz CT molecular complexity index is 1090. The van der Waals surface area contributed by atoms with Crippen molar-refractivity contribution in [2.24, 2.45) is 7.05 Å². The maximum atomic E-state index is 6.20. The SMILES string of the molecule is Cc1cc(-c2oc3ccccc3[n+]2C)c(C)c(-[n+]2ccccc2C)c1. The van der Waals surface area contributed by atoms with E-state index in [1.54, 1.807) is 0 Å². The quantitative estimate of drug-likeness (QED) is 0.506. The van der Waals surface area contributed by atoms with E-state index in [0.29, 0.717) is 0 Å². The van der Waals surface area contributed by atoms with Gasteiger partial charge in [0.2, 0.25) is 11.3 Å². The van der Waals surface area contributed by atoms with Gasteiger partial charge in [-0.1, -0.05) is 18.2 Å². The van der Waals surface area contributed by atoms with Crippen LogP contribution < -0.4 is 9.13 Å². The monoisotopic (exact) mass is 330 g/mol. The predicted octanol–water partition coefficient (Wildman–Crippen LogP) is 4.13. The van der Waals surface area contributed by atoms with Gasteiger partial charge >= 0.3 is 5.89 Å². The van der Waals surface area contributed by atoms with E-state index in [1.165, 1.54) is 22.5 Å². The molecule has 0 aliphatic carbocycles. The van der Waals surface area contributed by atoms with Crippen LogP contribution >= 0.6 is 0 Å². The van der Waals surface area contributed by atoms with Crippen molar-refractivity contribution in [3.63, 3.8) is 0 Å². The maximum absolute atomic E-state index is 6.20. The zero-order chi connectivity index (χ0) is 17.6. The number of aromatic nitrogens is 2. The Hall–Kier alpha value is -2.94. The number of pyridine rings is 1. The first-order valence-electron chi connectivity index (χ1n) is 8.53. The van der Waals surface area contributed by atoms with Crippen molar-refractivity contribution in [1.29, 1.82) is 0 Å². The number of nitrogens with zero attached hydrogens (tertiary/aromatic N) is 2. The number of para-hydroxylation sites is 2. The molecule has 0 bridgehead atoms. The van der Waals surface area contributed by atoms with Gasteiger partial charge in [-0.2, -0.15) is 9.13 Å². The van der Waals surface area contributed by atoms with Gasteiger partial charge in [0.05, 0.1) is 5.56 Å². The van der Waals surface area contributed by atoms with E-state index in [0.717, 1.165) is 22.6 Å². The Morgan fingerprint density at radius 3 is 2.40 bits per heavy atom. The van der Waals surface area contributed by atoms with E-state index in [4.69, 9.17) is 4.42 Å². The summed E-state index contributed by atoms with van der Waals surface area (Å²) in [5.74, 6) is 0.887. The lowest BCUT2D eigenvalue weighted by molar-refractivity contribution is -0.637. The van der Waals surface area contributed by atoms with Crippen LogP contribution in [0.3, 0.4) is 0 Å². The van der Waals surface area contributed by atoms with E-state index < -0.39 is 0 Å². The van der Waals surface area contributed by atoms with Gasteiger partial charge in [-0.3, -0.25) is 0 Å². The molecule has 3 nitrogen and oxygen atoms in total. The minimum absolute atomic E-state index is 0.887. The Balaban J connectivity index is 2.00. The Morgan fingerprint density at radius 1 is 0.880 bits per heavy atom. The van der Waals surface area contributed by atoms with Crippen LogP contribution in [0.25, 0.3) is 28.2 Å². The lowest BCUT2D eigenvalue weighted by Gasteiger charge is -2.07. The number of benzene rings is 2. The third kappa shape index (κ3) is 2.52. The van der Waals surface area contributed by atoms with Gasteiger partial charge in [0.1, 0.15) is 7.05 Å². The third-order valence-electron chi connectivity index (χ3n) is 4.82. The zero-order valence-electron chi connectivity index (χ0n) is 15.1. The van der Waals surface area contributed by atoms with Crippen LogP contribution in [0.2, 0.25) is 0 Å². The van der Waals surface area contributed by atoms with Crippen LogP contribution in [0, 0.1) is 20.8 Å². The molecular weight excluding hydrogens is 308 g/mol. The van der Waals surface area contributed by atoms with Crippen LogP contribution in [-0.2, 0) is 7.05 Å². The minimum Gasteiger partial charge on any atom is -0.398 e. The van der Waals surface area contributed by atoms with Gasteiger partial charge in [0, 0.05) is 36.8 Å². The largest absolute Gasteiger partial charge is 0.398 e. The van der Waals surface area contributed by atoms with E-state index in [1.807, 2.05) is 18.2 Å². The molecule has 0 aliphatic rings. The van der Waals surface area contributed by atoms with Crippen LogP contribution in [0.5, 0.6) is 0 Å². The van der Waals surface area contributed by atoms with Gasteiger partial charge in [-0.05, 0) is 31.5 Å². The summed E-state index contributed by atoms with van der Waals surface area (Å²) < 4.78 is 10.6. The summed E-state index contributed by atoms with van der Waals surface area (Å²) in [4.78, 5) is 0. The predicted molar refractivity (Wildman–Crippen MR) is 98.6 cm³/mol. The summed E-state index contributed by atoms with van der Waals surface area (Å²) in [5, 5.41) is 0. The van der Waals surface area contributed by atoms with Crippen molar-refractivity contribution >= 4 is 11.1 Å². The van der Waals surface area contributed by atoms with E-state index in [-0.39, 0.29) is 0 Å². The average molecular weight is 330 g/mol. The molecule has 0 spiro atoms. The molecule has 0 aliphatic heterocycles. The van der Waals surface area contributed by atoms with Crippen molar-refractivity contribution in [2.75, 3.05) is 0 Å². The molecule has 0 fully saturated rings. The second kappa shape index (κ2) is 5.85. The first kappa shape index (κ1) is 15.6. The summed E-state index contributed by atoms with van der Waals surface area (Å²) in [6.45, 7) is 6.42. The van der Waals surface area contributed by atoms with Gasteiger partial charge < -0.3 is 4.42 Å². The standard InChI is InChI=1S/C22H22N2O/c1-15-13-18(22-23(4)19-10-5-6-11-21(19)25-22)17(3)20(14-15)24-12-8-7-9-16(24)2/h5-14H,1-4H3/q+2. The van der Waals surface area contributed by atoms with Crippen molar-refractivity contribution in [2.45, 2.75) is 20.8 Å². The Morgan fingerprint density at radius 2 is 1.64 bits per heavy atom. The van der Waals surface area contributed by atoms with Crippen molar-refractivity contribution < 1.29 is 13.6 Å². The van der Waals surface area contributed by atoms with Crippen LogP contribution in [-0.4, -0.2) is 0 Å². The topological polar surface area (TPSA) is 20.9 Å². The summed E-state index contributed by atoms with van der Waals surface area (Å²) in [6.07, 6.45) is 2.11. The van der Waals surface area contributed by atoms with Crippen LogP contribution in [0.4, 0.5) is 0 Å². The van der Waals surface area contributed by atoms with Gasteiger partial charge in [0.15, 0.2) is 11.9 Å². The van der Waals surface area contributed by atoms with E-state index in [9.17, 15) is 0 Å². The maximum Gasteiger partial charge on any atom is 0.381 e. The molecule has 0 atom stereocenters. The molecule has 4 rings (SSSR count). The second-order valence-electron chi connectivity index (χ2n) is 6.60. The molecule has 0 radical (unpaired) electrons. The van der Waals surface area contributed by atoms with E-state index in [2.05, 4.69) is 79.5 Å². The number of hydrogen-bond donors (Lipinski definition) is 0. The summed E-state index contributed by atoms with van der Waals surface area (Å²) >= 11 is 0. The molecule has 2 heterocycles. The highest BCUT2D eigenvalue weighted by Gasteiger charge is 2.26. The first-order chi connectivity index (χ1) is 12.1. The number of rotatable bonds is 2. The molecule has 3 heteroatoms. The molecule has 0 saturated heterocycles. The highest BCUT2D eigenvalue weighted by Crippen LogP contribution is 2.28. The smallest absolute Gasteiger partial charge is 0.381 e. The molecule has 124 valence electrons. The van der Waals surface area contributed by atoms with Crippen molar-refractivity contribution in [3.8, 4) is 17.1 Å². The molecule has 0 N–H and O–H groups in total. The molecule has 4 aromatic rings. The highest BCUT2D eigenvalue weighted by atomic mass is 16.4. The van der Waals surface area contributed by atoms with Crippen LogP contribution in [0.15, 0.2) is 65.2 Å².